The lowest BCUT2D eigenvalue weighted by Crippen LogP contribution is -2.30. The van der Waals surface area contributed by atoms with Crippen molar-refractivity contribution in [3.63, 3.8) is 0 Å². The summed E-state index contributed by atoms with van der Waals surface area (Å²) >= 11 is 1.37. The fourth-order valence-electron chi connectivity index (χ4n) is 2.62. The van der Waals surface area contributed by atoms with Gasteiger partial charge in [0.25, 0.3) is 5.91 Å². The smallest absolute Gasteiger partial charge is 0.349 e. The second kappa shape index (κ2) is 7.58. The minimum absolute atomic E-state index is 0.415. The molecule has 0 aliphatic rings. The topological polar surface area (TPSA) is 64.6 Å². The van der Waals surface area contributed by atoms with Gasteiger partial charge in [0.2, 0.25) is 0 Å². The SMILES string of the molecule is COc1ccccc1NC(=O)[C@H](C)OC(=O)c1sc2ccccc2c1C. The molecule has 3 aromatic rings. The van der Waals surface area contributed by atoms with Crippen molar-refractivity contribution in [3.8, 4) is 5.75 Å². The number of para-hydroxylation sites is 2. The molecule has 1 heterocycles. The van der Waals surface area contributed by atoms with Gasteiger partial charge in [0.15, 0.2) is 6.10 Å². The maximum Gasteiger partial charge on any atom is 0.349 e. The molecule has 0 radical (unpaired) electrons. The molecule has 0 fully saturated rings. The van der Waals surface area contributed by atoms with Crippen LogP contribution in [0.1, 0.15) is 22.2 Å². The molecule has 0 spiro atoms. The van der Waals surface area contributed by atoms with Crippen LogP contribution in [0.4, 0.5) is 5.69 Å². The van der Waals surface area contributed by atoms with Crippen LogP contribution in [0.5, 0.6) is 5.75 Å². The number of thiophene rings is 1. The van der Waals surface area contributed by atoms with Gasteiger partial charge in [-0.2, -0.15) is 0 Å². The minimum Gasteiger partial charge on any atom is -0.495 e. The summed E-state index contributed by atoms with van der Waals surface area (Å²) in [6, 6.07) is 14.8. The summed E-state index contributed by atoms with van der Waals surface area (Å²) < 4.78 is 11.6. The lowest BCUT2D eigenvalue weighted by Gasteiger charge is -2.15. The minimum atomic E-state index is -0.933. The highest BCUT2D eigenvalue weighted by molar-refractivity contribution is 7.21. The van der Waals surface area contributed by atoms with E-state index in [9.17, 15) is 9.59 Å². The highest BCUT2D eigenvalue weighted by Crippen LogP contribution is 2.31. The summed E-state index contributed by atoms with van der Waals surface area (Å²) in [7, 11) is 1.53. The summed E-state index contributed by atoms with van der Waals surface area (Å²) in [5.41, 5.74) is 1.40. The Kier molecular flexibility index (Phi) is 5.23. The van der Waals surface area contributed by atoms with Gasteiger partial charge in [0.1, 0.15) is 10.6 Å². The fourth-order valence-corrected chi connectivity index (χ4v) is 3.71. The van der Waals surface area contributed by atoms with Crippen LogP contribution in [0.2, 0.25) is 0 Å². The molecule has 6 heteroatoms. The molecule has 1 atom stereocenters. The number of fused-ring (bicyclic) bond motifs is 1. The lowest BCUT2D eigenvalue weighted by molar-refractivity contribution is -0.123. The van der Waals surface area contributed by atoms with E-state index in [1.807, 2.05) is 37.3 Å². The van der Waals surface area contributed by atoms with Gasteiger partial charge in [-0.3, -0.25) is 4.79 Å². The Labute approximate surface area is 155 Å². The number of benzene rings is 2. The monoisotopic (exact) mass is 369 g/mol. The van der Waals surface area contributed by atoms with Crippen molar-refractivity contribution in [1.82, 2.24) is 0 Å². The van der Waals surface area contributed by atoms with Crippen molar-refractivity contribution in [3.05, 3.63) is 59.0 Å². The average Bonchev–Trinajstić information content (AvgIpc) is 2.99. The molecule has 5 nitrogen and oxygen atoms in total. The zero-order valence-electron chi connectivity index (χ0n) is 14.7. The molecular weight excluding hydrogens is 350 g/mol. The van der Waals surface area contributed by atoms with Crippen molar-refractivity contribution in [2.24, 2.45) is 0 Å². The van der Waals surface area contributed by atoms with Gasteiger partial charge in [-0.1, -0.05) is 30.3 Å². The van der Waals surface area contributed by atoms with Crippen LogP contribution >= 0.6 is 11.3 Å². The predicted octanol–water partition coefficient (Wildman–Crippen LogP) is 4.40. The summed E-state index contributed by atoms with van der Waals surface area (Å²) in [6.07, 6.45) is -0.933. The third-order valence-corrected chi connectivity index (χ3v) is 5.30. The number of rotatable bonds is 5. The van der Waals surface area contributed by atoms with Gasteiger partial charge in [-0.25, -0.2) is 4.79 Å². The highest BCUT2D eigenvalue weighted by atomic mass is 32.1. The van der Waals surface area contributed by atoms with Crippen molar-refractivity contribution >= 4 is 39.0 Å². The molecule has 1 amide bonds. The highest BCUT2D eigenvalue weighted by Gasteiger charge is 2.23. The molecule has 0 saturated heterocycles. The summed E-state index contributed by atoms with van der Waals surface area (Å²) in [6.45, 7) is 3.43. The zero-order chi connectivity index (χ0) is 18.7. The molecule has 1 N–H and O–H groups in total. The van der Waals surface area contributed by atoms with Crippen molar-refractivity contribution in [2.45, 2.75) is 20.0 Å². The van der Waals surface area contributed by atoms with Gasteiger partial charge < -0.3 is 14.8 Å². The first-order chi connectivity index (χ1) is 12.5. The number of anilines is 1. The first-order valence-corrected chi connectivity index (χ1v) is 8.96. The van der Waals surface area contributed by atoms with Crippen LogP contribution < -0.4 is 10.1 Å². The Morgan fingerprint density at radius 1 is 1.08 bits per heavy atom. The largest absolute Gasteiger partial charge is 0.495 e. The van der Waals surface area contributed by atoms with E-state index in [4.69, 9.17) is 9.47 Å². The van der Waals surface area contributed by atoms with E-state index < -0.39 is 18.0 Å². The maximum atomic E-state index is 12.5. The quantitative estimate of drug-likeness (QED) is 0.677. The van der Waals surface area contributed by atoms with Gasteiger partial charge in [0, 0.05) is 4.70 Å². The van der Waals surface area contributed by atoms with E-state index in [0.29, 0.717) is 16.3 Å². The molecule has 0 aliphatic carbocycles. The summed E-state index contributed by atoms with van der Waals surface area (Å²) in [5.74, 6) is -0.368. The number of ether oxygens (including phenoxy) is 2. The van der Waals surface area contributed by atoms with E-state index in [2.05, 4.69) is 5.32 Å². The number of aryl methyl sites for hydroxylation is 1. The van der Waals surface area contributed by atoms with Crippen molar-refractivity contribution in [2.75, 3.05) is 12.4 Å². The number of amides is 1. The van der Waals surface area contributed by atoms with E-state index in [-0.39, 0.29) is 0 Å². The molecule has 0 saturated carbocycles. The van der Waals surface area contributed by atoms with Crippen LogP contribution in [0.15, 0.2) is 48.5 Å². The second-order valence-electron chi connectivity index (χ2n) is 5.79. The Bertz CT molecular complexity index is 963. The standard InChI is InChI=1S/C20H19NO4S/c1-12-14-8-4-7-11-17(14)26-18(12)20(23)25-13(2)19(22)21-15-9-5-6-10-16(15)24-3/h4-11,13H,1-3H3,(H,21,22)/t13-/m0/s1. The first-order valence-electron chi connectivity index (χ1n) is 8.14. The van der Waals surface area contributed by atoms with Crippen LogP contribution in [0.3, 0.4) is 0 Å². The Morgan fingerprint density at radius 2 is 1.77 bits per heavy atom. The van der Waals surface area contributed by atoms with Gasteiger partial charge in [-0.15, -0.1) is 11.3 Å². The molecule has 1 aromatic heterocycles. The number of hydrogen-bond donors (Lipinski definition) is 1. The number of carbonyl (C=O) groups excluding carboxylic acids is 2. The molecular formula is C20H19NO4S. The fraction of sp³-hybridized carbons (Fsp3) is 0.200. The van der Waals surface area contributed by atoms with Crippen LogP contribution in [-0.2, 0) is 9.53 Å². The predicted molar refractivity (Wildman–Crippen MR) is 103 cm³/mol. The van der Waals surface area contributed by atoms with Crippen molar-refractivity contribution < 1.29 is 19.1 Å². The Morgan fingerprint density at radius 3 is 2.50 bits per heavy atom. The second-order valence-corrected chi connectivity index (χ2v) is 6.84. The van der Waals surface area contributed by atoms with Crippen LogP contribution in [-0.4, -0.2) is 25.1 Å². The van der Waals surface area contributed by atoms with Gasteiger partial charge >= 0.3 is 5.97 Å². The van der Waals surface area contributed by atoms with Gasteiger partial charge in [-0.05, 0) is 43.0 Å². The Balaban J connectivity index is 1.72. The van der Waals surface area contributed by atoms with Crippen LogP contribution in [0.25, 0.3) is 10.1 Å². The lowest BCUT2D eigenvalue weighted by atomic mass is 10.1. The zero-order valence-corrected chi connectivity index (χ0v) is 15.6. The van der Waals surface area contributed by atoms with E-state index in [1.165, 1.54) is 18.4 Å². The van der Waals surface area contributed by atoms with Crippen molar-refractivity contribution in [1.29, 1.82) is 0 Å². The average molecular weight is 369 g/mol. The number of hydrogen-bond acceptors (Lipinski definition) is 5. The normalized spacial score (nSPS) is 11.8. The maximum absolute atomic E-state index is 12.5. The number of carbonyl (C=O) groups is 2. The first kappa shape index (κ1) is 17.9. The molecule has 3 rings (SSSR count). The molecule has 134 valence electrons. The number of nitrogens with one attached hydrogen (secondary N) is 1. The molecule has 0 aliphatic heterocycles. The number of methoxy groups -OCH3 is 1. The van der Waals surface area contributed by atoms with E-state index in [1.54, 1.807) is 25.1 Å². The molecule has 26 heavy (non-hydrogen) atoms. The Hall–Kier alpha value is -2.86. The third-order valence-electron chi connectivity index (χ3n) is 4.05. The number of esters is 1. The van der Waals surface area contributed by atoms with Gasteiger partial charge in [0.05, 0.1) is 12.8 Å². The molecule has 0 bridgehead atoms. The molecule has 2 aromatic carbocycles. The van der Waals surface area contributed by atoms with E-state index >= 15 is 0 Å². The summed E-state index contributed by atoms with van der Waals surface area (Å²) in [5, 5.41) is 3.75. The summed E-state index contributed by atoms with van der Waals surface area (Å²) in [4.78, 5) is 25.4. The van der Waals surface area contributed by atoms with Crippen LogP contribution in [0, 0.1) is 6.92 Å². The van der Waals surface area contributed by atoms with E-state index in [0.717, 1.165) is 15.6 Å². The third kappa shape index (κ3) is 3.55. The molecule has 0 unspecified atom stereocenters.